The lowest BCUT2D eigenvalue weighted by Crippen LogP contribution is -2.51. The van der Waals surface area contributed by atoms with E-state index in [1.165, 1.54) is 0 Å². The summed E-state index contributed by atoms with van der Waals surface area (Å²) < 4.78 is 5.61. The van der Waals surface area contributed by atoms with E-state index in [9.17, 15) is 9.59 Å². The summed E-state index contributed by atoms with van der Waals surface area (Å²) in [6.07, 6.45) is 1.33. The van der Waals surface area contributed by atoms with Crippen LogP contribution >= 0.6 is 12.4 Å². The average Bonchev–Trinajstić information content (AvgIpc) is 2.59. The zero-order valence-corrected chi connectivity index (χ0v) is 14.8. The van der Waals surface area contributed by atoms with Gasteiger partial charge in [-0.3, -0.25) is 14.5 Å². The number of ether oxygens (including phenoxy) is 1. The normalized spacial score (nSPS) is 20.7. The maximum atomic E-state index is 12.6. The lowest BCUT2D eigenvalue weighted by molar-refractivity contribution is -0.134. The van der Waals surface area contributed by atoms with Crippen LogP contribution in [0, 0.1) is 0 Å². The first-order valence-corrected chi connectivity index (χ1v) is 8.11. The molecule has 0 spiro atoms. The van der Waals surface area contributed by atoms with Crippen LogP contribution in [0.1, 0.15) is 19.8 Å². The number of hydrogen-bond donors (Lipinski definition) is 1. The lowest BCUT2D eigenvalue weighted by Gasteiger charge is -2.36. The number of rotatable bonds is 3. The SMILES string of the molecule is CC1Oc2ccccc2N(CC(=O)N(C)C2CCNCC2)C1=O.Cl. The summed E-state index contributed by atoms with van der Waals surface area (Å²) in [5, 5.41) is 3.30. The third kappa shape index (κ3) is 3.65. The number of likely N-dealkylation sites (N-methyl/N-ethyl adjacent to an activating group) is 1. The van der Waals surface area contributed by atoms with Crippen molar-refractivity contribution in [3.05, 3.63) is 24.3 Å². The van der Waals surface area contributed by atoms with Crippen molar-refractivity contribution in [2.45, 2.75) is 31.9 Å². The number of carbonyl (C=O) groups is 2. The Hall–Kier alpha value is -1.79. The summed E-state index contributed by atoms with van der Waals surface area (Å²) >= 11 is 0. The van der Waals surface area contributed by atoms with Gasteiger partial charge in [0.2, 0.25) is 5.91 Å². The molecule has 0 saturated carbocycles. The Morgan fingerprint density at radius 2 is 2.00 bits per heavy atom. The van der Waals surface area contributed by atoms with Crippen LogP contribution in [0.4, 0.5) is 5.69 Å². The van der Waals surface area contributed by atoms with Crippen LogP contribution in [0.15, 0.2) is 24.3 Å². The Morgan fingerprint density at radius 1 is 1.33 bits per heavy atom. The summed E-state index contributed by atoms with van der Waals surface area (Å²) in [6.45, 7) is 3.63. The smallest absolute Gasteiger partial charge is 0.268 e. The van der Waals surface area contributed by atoms with E-state index in [4.69, 9.17) is 4.74 Å². The molecule has 1 N–H and O–H groups in total. The largest absolute Gasteiger partial charge is 0.479 e. The summed E-state index contributed by atoms with van der Waals surface area (Å²) in [4.78, 5) is 28.4. The number of piperidine rings is 1. The summed E-state index contributed by atoms with van der Waals surface area (Å²) in [6, 6.07) is 7.60. The highest BCUT2D eigenvalue weighted by atomic mass is 35.5. The molecule has 2 amide bonds. The van der Waals surface area contributed by atoms with E-state index in [0.29, 0.717) is 11.4 Å². The van der Waals surface area contributed by atoms with Gasteiger partial charge in [0.1, 0.15) is 12.3 Å². The molecule has 0 aliphatic carbocycles. The van der Waals surface area contributed by atoms with Gasteiger partial charge in [0.25, 0.3) is 5.91 Å². The molecule has 0 bridgehead atoms. The zero-order chi connectivity index (χ0) is 16.4. The Labute approximate surface area is 148 Å². The van der Waals surface area contributed by atoms with Crippen LogP contribution in [0.5, 0.6) is 5.75 Å². The highest BCUT2D eigenvalue weighted by Gasteiger charge is 2.34. The first-order chi connectivity index (χ1) is 11.1. The molecule has 2 aliphatic rings. The lowest BCUT2D eigenvalue weighted by atomic mass is 10.1. The molecule has 2 heterocycles. The van der Waals surface area contributed by atoms with E-state index >= 15 is 0 Å². The number of carbonyl (C=O) groups excluding carboxylic acids is 2. The molecule has 24 heavy (non-hydrogen) atoms. The topological polar surface area (TPSA) is 61.9 Å². The number of para-hydroxylation sites is 2. The Balaban J connectivity index is 0.00000208. The number of fused-ring (bicyclic) bond motifs is 1. The van der Waals surface area contributed by atoms with Crippen molar-refractivity contribution in [1.29, 1.82) is 0 Å². The van der Waals surface area contributed by atoms with Crippen LogP contribution in [-0.2, 0) is 9.59 Å². The second-order valence-electron chi connectivity index (χ2n) is 6.14. The molecule has 6 nitrogen and oxygen atoms in total. The number of anilines is 1. The van der Waals surface area contributed by atoms with Gasteiger partial charge in [-0.25, -0.2) is 0 Å². The standard InChI is InChI=1S/C17H23N3O3.ClH/c1-12-17(22)20(14-5-3-4-6-15(14)23-12)11-16(21)19(2)13-7-9-18-10-8-13;/h3-6,12-13,18H,7-11H2,1-2H3;1H. The minimum Gasteiger partial charge on any atom is -0.479 e. The van der Waals surface area contributed by atoms with Crippen molar-refractivity contribution >= 4 is 29.9 Å². The number of halogens is 1. The number of benzene rings is 1. The van der Waals surface area contributed by atoms with Crippen LogP contribution < -0.4 is 15.0 Å². The van der Waals surface area contributed by atoms with E-state index in [0.717, 1.165) is 25.9 Å². The zero-order valence-electron chi connectivity index (χ0n) is 14.0. The molecule has 0 radical (unpaired) electrons. The van der Waals surface area contributed by atoms with Gasteiger partial charge in [0.05, 0.1) is 5.69 Å². The minimum atomic E-state index is -0.568. The summed E-state index contributed by atoms with van der Waals surface area (Å²) in [5.74, 6) is 0.446. The summed E-state index contributed by atoms with van der Waals surface area (Å²) in [7, 11) is 1.83. The van der Waals surface area contributed by atoms with Crippen LogP contribution in [0.2, 0.25) is 0 Å². The molecule has 3 rings (SSSR count). The van der Waals surface area contributed by atoms with E-state index < -0.39 is 6.10 Å². The van der Waals surface area contributed by atoms with Gasteiger partial charge in [-0.1, -0.05) is 12.1 Å². The van der Waals surface area contributed by atoms with Gasteiger partial charge in [-0.05, 0) is 45.0 Å². The van der Waals surface area contributed by atoms with Crippen molar-refractivity contribution in [2.75, 3.05) is 31.6 Å². The average molecular weight is 354 g/mol. The molecule has 2 aliphatic heterocycles. The first-order valence-electron chi connectivity index (χ1n) is 8.11. The van der Waals surface area contributed by atoms with Crippen molar-refractivity contribution in [3.8, 4) is 5.75 Å². The number of nitrogens with one attached hydrogen (secondary N) is 1. The molecule has 132 valence electrons. The number of amides is 2. The molecular formula is C17H24ClN3O3. The molecule has 1 saturated heterocycles. The van der Waals surface area contributed by atoms with Gasteiger partial charge >= 0.3 is 0 Å². The monoisotopic (exact) mass is 353 g/mol. The maximum absolute atomic E-state index is 12.6. The van der Waals surface area contributed by atoms with Gasteiger partial charge in [-0.15, -0.1) is 12.4 Å². The van der Waals surface area contributed by atoms with Gasteiger partial charge in [-0.2, -0.15) is 0 Å². The van der Waals surface area contributed by atoms with Gasteiger partial charge in [0.15, 0.2) is 6.10 Å². The van der Waals surface area contributed by atoms with Crippen LogP contribution in [0.25, 0.3) is 0 Å². The molecule has 1 atom stereocenters. The highest BCUT2D eigenvalue weighted by molar-refractivity contribution is 6.03. The van der Waals surface area contributed by atoms with E-state index in [2.05, 4.69) is 5.32 Å². The predicted octanol–water partition coefficient (Wildman–Crippen LogP) is 1.43. The number of hydrogen-bond acceptors (Lipinski definition) is 4. The van der Waals surface area contributed by atoms with Crippen LogP contribution in [0.3, 0.4) is 0 Å². The van der Waals surface area contributed by atoms with Gasteiger partial charge in [0, 0.05) is 13.1 Å². The predicted molar refractivity (Wildman–Crippen MR) is 94.8 cm³/mol. The molecule has 0 aromatic heterocycles. The highest BCUT2D eigenvalue weighted by Crippen LogP contribution is 2.33. The van der Waals surface area contributed by atoms with E-state index in [-0.39, 0.29) is 36.8 Å². The summed E-state index contributed by atoms with van der Waals surface area (Å²) in [5.41, 5.74) is 0.669. The molecular weight excluding hydrogens is 330 g/mol. The van der Waals surface area contributed by atoms with Crippen molar-refractivity contribution in [2.24, 2.45) is 0 Å². The Kier molecular flexibility index (Phi) is 6.07. The quantitative estimate of drug-likeness (QED) is 0.893. The molecule has 1 aromatic carbocycles. The van der Waals surface area contributed by atoms with Crippen molar-refractivity contribution in [1.82, 2.24) is 10.2 Å². The number of nitrogens with zero attached hydrogens (tertiary/aromatic N) is 2. The maximum Gasteiger partial charge on any atom is 0.268 e. The minimum absolute atomic E-state index is 0. The molecule has 1 aromatic rings. The molecule has 1 fully saturated rings. The second-order valence-corrected chi connectivity index (χ2v) is 6.14. The van der Waals surface area contributed by atoms with Crippen LogP contribution in [-0.4, -0.2) is 55.5 Å². The third-order valence-corrected chi connectivity index (χ3v) is 4.62. The fourth-order valence-electron chi connectivity index (χ4n) is 3.17. The Bertz CT molecular complexity index is 604. The van der Waals surface area contributed by atoms with E-state index in [1.54, 1.807) is 16.7 Å². The van der Waals surface area contributed by atoms with Crippen molar-refractivity contribution < 1.29 is 14.3 Å². The van der Waals surface area contributed by atoms with Gasteiger partial charge < -0.3 is 15.0 Å². The molecule has 7 heteroatoms. The molecule has 1 unspecified atom stereocenters. The fourth-order valence-corrected chi connectivity index (χ4v) is 3.17. The third-order valence-electron chi connectivity index (χ3n) is 4.62. The fraction of sp³-hybridized carbons (Fsp3) is 0.529. The van der Waals surface area contributed by atoms with E-state index in [1.807, 2.05) is 31.3 Å². The Morgan fingerprint density at radius 3 is 2.71 bits per heavy atom. The van der Waals surface area contributed by atoms with Crippen molar-refractivity contribution in [3.63, 3.8) is 0 Å². The first kappa shape index (κ1) is 18.5. The second kappa shape index (κ2) is 7.85.